The highest BCUT2D eigenvalue weighted by Crippen LogP contribution is 2.14. The summed E-state index contributed by atoms with van der Waals surface area (Å²) in [7, 11) is 0. The average molecular weight is 334 g/mol. The minimum atomic E-state index is -0.0735. The smallest absolute Gasteiger partial charge is 0.230 e. The van der Waals surface area contributed by atoms with Crippen molar-refractivity contribution in [3.8, 4) is 0 Å². The highest BCUT2D eigenvalue weighted by Gasteiger charge is 2.08. The van der Waals surface area contributed by atoms with E-state index in [9.17, 15) is 4.79 Å². The summed E-state index contributed by atoms with van der Waals surface area (Å²) in [6.07, 6.45) is 3.52. The van der Waals surface area contributed by atoms with Gasteiger partial charge in [-0.3, -0.25) is 4.79 Å². The number of hydrogen-bond acceptors (Lipinski definition) is 7. The van der Waals surface area contributed by atoms with Gasteiger partial charge in [-0.2, -0.15) is 5.10 Å². The van der Waals surface area contributed by atoms with Crippen LogP contribution in [0.2, 0.25) is 0 Å². The van der Waals surface area contributed by atoms with Crippen LogP contribution in [-0.4, -0.2) is 36.2 Å². The number of amides is 1. The Labute approximate surface area is 135 Å². The number of aromatic nitrogens is 5. The molecular weight excluding hydrogens is 320 g/mol. The number of nitrogens with one attached hydrogen (secondary N) is 1. The molecule has 1 N–H and O–H groups in total. The van der Waals surface area contributed by atoms with E-state index in [0.717, 1.165) is 21.4 Å². The molecule has 3 aromatic heterocycles. The SMILES string of the molecule is Cc1ccnc(SCC(=O)NCc2cn3nc(C)sc3n2)n1. The van der Waals surface area contributed by atoms with Crippen molar-refractivity contribution in [2.24, 2.45) is 0 Å². The Kier molecular flexibility index (Phi) is 4.34. The first-order valence-electron chi connectivity index (χ1n) is 6.61. The molecule has 0 spiro atoms. The van der Waals surface area contributed by atoms with Crippen molar-refractivity contribution < 1.29 is 4.79 Å². The third-order valence-corrected chi connectivity index (χ3v) is 4.47. The standard InChI is InChI=1S/C13H14N6OS2/c1-8-3-4-14-12(16-8)21-7-11(20)15-5-10-6-19-13(17-10)22-9(2)18-19/h3-4,6H,5,7H2,1-2H3,(H,15,20). The first-order valence-corrected chi connectivity index (χ1v) is 8.41. The van der Waals surface area contributed by atoms with Crippen LogP contribution in [0.25, 0.3) is 4.96 Å². The van der Waals surface area contributed by atoms with Crippen LogP contribution in [0, 0.1) is 13.8 Å². The summed E-state index contributed by atoms with van der Waals surface area (Å²) in [5, 5.41) is 8.69. The fourth-order valence-electron chi connectivity index (χ4n) is 1.80. The van der Waals surface area contributed by atoms with Crippen LogP contribution in [0.4, 0.5) is 0 Å². The molecule has 0 saturated heterocycles. The number of nitrogens with zero attached hydrogens (tertiary/aromatic N) is 5. The molecule has 0 aliphatic rings. The van der Waals surface area contributed by atoms with E-state index in [1.807, 2.05) is 26.1 Å². The third-order valence-electron chi connectivity index (χ3n) is 2.77. The van der Waals surface area contributed by atoms with Crippen molar-refractivity contribution in [2.45, 2.75) is 25.5 Å². The Hall–Kier alpha value is -2.00. The molecule has 3 rings (SSSR count). The maximum atomic E-state index is 11.8. The third kappa shape index (κ3) is 3.60. The second-order valence-electron chi connectivity index (χ2n) is 4.63. The summed E-state index contributed by atoms with van der Waals surface area (Å²) in [6.45, 7) is 4.22. The zero-order chi connectivity index (χ0) is 15.5. The Balaban J connectivity index is 1.50. The summed E-state index contributed by atoms with van der Waals surface area (Å²) < 4.78 is 1.73. The van der Waals surface area contributed by atoms with Crippen molar-refractivity contribution in [3.63, 3.8) is 0 Å². The van der Waals surface area contributed by atoms with Gasteiger partial charge >= 0.3 is 0 Å². The van der Waals surface area contributed by atoms with Gasteiger partial charge in [-0.1, -0.05) is 23.1 Å². The predicted molar refractivity (Wildman–Crippen MR) is 84.9 cm³/mol. The molecule has 0 bridgehead atoms. The van der Waals surface area contributed by atoms with Gasteiger partial charge < -0.3 is 5.32 Å². The Morgan fingerprint density at radius 1 is 1.41 bits per heavy atom. The number of fused-ring (bicyclic) bond motifs is 1. The minimum absolute atomic E-state index is 0.0735. The lowest BCUT2D eigenvalue weighted by Gasteiger charge is -2.02. The Bertz CT molecular complexity index is 780. The van der Waals surface area contributed by atoms with Crippen LogP contribution < -0.4 is 5.32 Å². The topological polar surface area (TPSA) is 85.1 Å². The van der Waals surface area contributed by atoms with Crippen LogP contribution in [0.3, 0.4) is 0 Å². The molecule has 0 saturated carbocycles. The summed E-state index contributed by atoms with van der Waals surface area (Å²) in [5.74, 6) is 0.207. The molecule has 3 heterocycles. The first-order chi connectivity index (χ1) is 10.6. The maximum Gasteiger partial charge on any atom is 0.230 e. The molecule has 114 valence electrons. The Morgan fingerprint density at radius 3 is 3.05 bits per heavy atom. The second kappa shape index (κ2) is 6.41. The van der Waals surface area contributed by atoms with Crippen LogP contribution in [0.15, 0.2) is 23.6 Å². The number of imidazole rings is 1. The van der Waals surface area contributed by atoms with E-state index in [-0.39, 0.29) is 11.7 Å². The number of carbonyl (C=O) groups excluding carboxylic acids is 1. The molecule has 0 aliphatic carbocycles. The fourth-order valence-corrected chi connectivity index (χ4v) is 3.24. The molecule has 0 radical (unpaired) electrons. The van der Waals surface area contributed by atoms with E-state index in [1.165, 1.54) is 23.1 Å². The molecule has 0 unspecified atom stereocenters. The van der Waals surface area contributed by atoms with Gasteiger partial charge in [0.15, 0.2) is 5.16 Å². The number of carbonyl (C=O) groups is 1. The summed E-state index contributed by atoms with van der Waals surface area (Å²) >= 11 is 2.84. The van der Waals surface area contributed by atoms with Gasteiger partial charge in [0.2, 0.25) is 10.9 Å². The van der Waals surface area contributed by atoms with Crippen LogP contribution in [0.1, 0.15) is 16.4 Å². The molecule has 0 aliphatic heterocycles. The lowest BCUT2D eigenvalue weighted by atomic mass is 10.4. The van der Waals surface area contributed by atoms with E-state index in [1.54, 1.807) is 10.7 Å². The maximum absolute atomic E-state index is 11.8. The lowest BCUT2D eigenvalue weighted by molar-refractivity contribution is -0.118. The van der Waals surface area contributed by atoms with E-state index in [2.05, 4.69) is 25.4 Å². The minimum Gasteiger partial charge on any atom is -0.350 e. The van der Waals surface area contributed by atoms with Gasteiger partial charge in [0, 0.05) is 11.9 Å². The van der Waals surface area contributed by atoms with E-state index in [0.29, 0.717) is 11.7 Å². The molecule has 0 atom stereocenters. The molecule has 1 amide bonds. The normalized spacial score (nSPS) is 11.0. The number of aryl methyl sites for hydroxylation is 2. The molecule has 3 aromatic rings. The van der Waals surface area contributed by atoms with E-state index >= 15 is 0 Å². The Morgan fingerprint density at radius 2 is 2.27 bits per heavy atom. The first kappa shape index (κ1) is 14.9. The van der Waals surface area contributed by atoms with Gasteiger partial charge in [0.1, 0.15) is 5.01 Å². The van der Waals surface area contributed by atoms with Crippen molar-refractivity contribution in [1.29, 1.82) is 0 Å². The van der Waals surface area contributed by atoms with Crippen LogP contribution >= 0.6 is 23.1 Å². The fraction of sp³-hybridized carbons (Fsp3) is 0.308. The van der Waals surface area contributed by atoms with E-state index in [4.69, 9.17) is 0 Å². The van der Waals surface area contributed by atoms with Gasteiger partial charge in [-0.05, 0) is 19.9 Å². The monoisotopic (exact) mass is 334 g/mol. The van der Waals surface area contributed by atoms with Crippen molar-refractivity contribution >= 4 is 34.0 Å². The van der Waals surface area contributed by atoms with Gasteiger partial charge in [-0.15, -0.1) is 0 Å². The highest BCUT2D eigenvalue weighted by atomic mass is 32.2. The zero-order valence-corrected chi connectivity index (χ0v) is 13.7. The molecule has 9 heteroatoms. The second-order valence-corrected chi connectivity index (χ2v) is 6.73. The van der Waals surface area contributed by atoms with Gasteiger partial charge in [0.25, 0.3) is 0 Å². The number of rotatable bonds is 5. The van der Waals surface area contributed by atoms with Crippen molar-refractivity contribution in [3.05, 3.63) is 34.9 Å². The zero-order valence-electron chi connectivity index (χ0n) is 12.1. The van der Waals surface area contributed by atoms with Crippen LogP contribution in [-0.2, 0) is 11.3 Å². The molecule has 0 aromatic carbocycles. The average Bonchev–Trinajstić information content (AvgIpc) is 3.00. The van der Waals surface area contributed by atoms with Gasteiger partial charge in [-0.25, -0.2) is 19.5 Å². The highest BCUT2D eigenvalue weighted by molar-refractivity contribution is 7.99. The summed E-state index contributed by atoms with van der Waals surface area (Å²) in [5.41, 5.74) is 1.68. The number of hydrogen-bond donors (Lipinski definition) is 1. The molecule has 7 nitrogen and oxygen atoms in total. The van der Waals surface area contributed by atoms with E-state index < -0.39 is 0 Å². The van der Waals surface area contributed by atoms with Gasteiger partial charge in [0.05, 0.1) is 24.2 Å². The quantitative estimate of drug-likeness (QED) is 0.563. The molecule has 0 fully saturated rings. The number of thioether (sulfide) groups is 1. The molecule has 22 heavy (non-hydrogen) atoms. The summed E-state index contributed by atoms with van der Waals surface area (Å²) in [6, 6.07) is 1.82. The van der Waals surface area contributed by atoms with Crippen molar-refractivity contribution in [1.82, 2.24) is 29.9 Å². The van der Waals surface area contributed by atoms with Crippen LogP contribution in [0.5, 0.6) is 0 Å². The lowest BCUT2D eigenvalue weighted by Crippen LogP contribution is -2.24. The molecular formula is C13H14N6OS2. The van der Waals surface area contributed by atoms with Crippen molar-refractivity contribution in [2.75, 3.05) is 5.75 Å². The predicted octanol–water partition coefficient (Wildman–Crippen LogP) is 1.61. The largest absolute Gasteiger partial charge is 0.350 e. The summed E-state index contributed by atoms with van der Waals surface area (Å²) in [4.78, 5) is 25.4.